The number of benzene rings is 10. The van der Waals surface area contributed by atoms with Crippen molar-refractivity contribution >= 4 is 54.6 Å². The minimum absolute atomic E-state index is 0.631. The van der Waals surface area contributed by atoms with Crippen LogP contribution in [0.25, 0.3) is 110 Å². The third-order valence-electron chi connectivity index (χ3n) is 14.8. The molecule has 0 saturated carbocycles. The normalized spacial score (nSPS) is 14.7. The second-order valence-electron chi connectivity index (χ2n) is 18.0. The third kappa shape index (κ3) is 4.66. The van der Waals surface area contributed by atoms with Crippen molar-refractivity contribution in [1.29, 1.82) is 0 Å². The minimum Gasteiger partial charge on any atom is -0.459 e. The summed E-state index contributed by atoms with van der Waals surface area (Å²) in [7, 11) is 0. The predicted octanol–water partition coefficient (Wildman–Crippen LogP) is 16.3. The smallest absolute Gasteiger partial charge is 0.135 e. The van der Waals surface area contributed by atoms with Crippen molar-refractivity contribution in [1.82, 2.24) is 9.13 Å². The van der Waals surface area contributed by atoms with E-state index in [4.69, 9.17) is 4.42 Å². The van der Waals surface area contributed by atoms with Gasteiger partial charge in [-0.1, -0.05) is 164 Å². The molecular weight excluding hydrogens is 801 g/mol. The van der Waals surface area contributed by atoms with E-state index in [0.717, 1.165) is 28.1 Å². The highest BCUT2D eigenvalue weighted by atomic mass is 16.3. The molecule has 0 amide bonds. The predicted molar refractivity (Wildman–Crippen MR) is 272 cm³/mol. The van der Waals surface area contributed by atoms with Crippen molar-refractivity contribution in [2.24, 2.45) is 0 Å². The average molecular weight is 839 g/mol. The zero-order valence-corrected chi connectivity index (χ0v) is 35.7. The van der Waals surface area contributed by atoms with Gasteiger partial charge in [0.15, 0.2) is 0 Å². The maximum atomic E-state index is 7.14. The molecular formula is C63H38N2O. The molecule has 15 rings (SSSR count). The molecule has 1 atom stereocenters. The molecule has 0 saturated heterocycles. The van der Waals surface area contributed by atoms with Crippen LogP contribution in [0.15, 0.2) is 235 Å². The number of hydrogen-bond donors (Lipinski definition) is 0. The van der Waals surface area contributed by atoms with Crippen LogP contribution in [-0.2, 0) is 5.41 Å². The zero-order valence-electron chi connectivity index (χ0n) is 35.7. The summed E-state index contributed by atoms with van der Waals surface area (Å²) in [6.07, 6.45) is 0. The molecule has 10 aromatic carbocycles. The first-order valence-corrected chi connectivity index (χ1v) is 22.8. The fraction of sp³-hybridized carbons (Fsp3) is 0.0159. The molecule has 0 aliphatic heterocycles. The van der Waals surface area contributed by atoms with Crippen LogP contribution in [0.4, 0.5) is 0 Å². The largest absolute Gasteiger partial charge is 0.459 e. The average Bonchev–Trinajstić information content (AvgIpc) is 4.17. The Hall–Kier alpha value is -8.66. The highest BCUT2D eigenvalue weighted by Gasteiger charge is 2.55. The highest BCUT2D eigenvalue weighted by molar-refractivity contribution is 6.11. The lowest BCUT2D eigenvalue weighted by Gasteiger charge is -2.28. The maximum Gasteiger partial charge on any atom is 0.135 e. The van der Waals surface area contributed by atoms with Crippen LogP contribution in [0, 0.1) is 0 Å². The van der Waals surface area contributed by atoms with Gasteiger partial charge in [-0.3, -0.25) is 0 Å². The van der Waals surface area contributed by atoms with Crippen LogP contribution in [0.3, 0.4) is 0 Å². The summed E-state index contributed by atoms with van der Waals surface area (Å²) in [5, 5.41) is 6.22. The molecule has 3 heteroatoms. The summed E-state index contributed by atoms with van der Waals surface area (Å²) in [5.41, 5.74) is 20.9. The summed E-state index contributed by atoms with van der Waals surface area (Å²) in [4.78, 5) is 0. The third-order valence-corrected chi connectivity index (χ3v) is 14.8. The molecule has 2 aliphatic carbocycles. The fourth-order valence-electron chi connectivity index (χ4n) is 12.0. The van der Waals surface area contributed by atoms with E-state index in [1.165, 1.54) is 105 Å². The van der Waals surface area contributed by atoms with E-state index in [0.29, 0.717) is 0 Å². The topological polar surface area (TPSA) is 23.0 Å². The molecule has 0 radical (unpaired) electrons. The van der Waals surface area contributed by atoms with Gasteiger partial charge in [0.2, 0.25) is 0 Å². The zero-order chi connectivity index (χ0) is 43.1. The van der Waals surface area contributed by atoms with Gasteiger partial charge in [-0.05, 0) is 122 Å². The molecule has 3 aromatic heterocycles. The number of fused-ring (bicyclic) bond motifs is 18. The highest BCUT2D eigenvalue weighted by Crippen LogP contribution is 2.65. The van der Waals surface area contributed by atoms with Crippen molar-refractivity contribution in [2.45, 2.75) is 5.41 Å². The van der Waals surface area contributed by atoms with Crippen molar-refractivity contribution < 1.29 is 4.42 Å². The van der Waals surface area contributed by atoms with Crippen LogP contribution >= 0.6 is 0 Å². The van der Waals surface area contributed by atoms with Crippen molar-refractivity contribution in [2.75, 3.05) is 0 Å². The standard InChI is InChI=1S/C63H38N2O/c1-7-19-53-45(13-1)52-37-41(39-25-31-43(32-26-39)64-56-20-8-2-14-46(56)47-15-3-9-21-57(47)64)30-36-54(52)63(53)55-38-42(29-35-50(55)61-51-18-6-12-24-60(51)66-62(61)63)40-27-33-44(34-28-40)65-58-22-10-4-16-48(58)49-17-5-11-23-59(49)65/h1-38H. The fourth-order valence-corrected chi connectivity index (χ4v) is 12.0. The minimum atomic E-state index is -0.631. The van der Waals surface area contributed by atoms with Gasteiger partial charge in [0.25, 0.3) is 0 Å². The van der Waals surface area contributed by atoms with Crippen LogP contribution in [0.2, 0.25) is 0 Å². The Morgan fingerprint density at radius 1 is 0.303 bits per heavy atom. The molecule has 0 bridgehead atoms. The van der Waals surface area contributed by atoms with Crippen molar-refractivity contribution in [3.05, 3.63) is 253 Å². The molecule has 0 fully saturated rings. The Morgan fingerprint density at radius 2 is 0.742 bits per heavy atom. The quantitative estimate of drug-likeness (QED) is 0.173. The molecule has 306 valence electrons. The van der Waals surface area contributed by atoms with Gasteiger partial charge in [0, 0.05) is 43.9 Å². The van der Waals surface area contributed by atoms with Gasteiger partial charge in [0.1, 0.15) is 16.8 Å². The van der Waals surface area contributed by atoms with Crippen molar-refractivity contribution in [3.63, 3.8) is 0 Å². The lowest BCUT2D eigenvalue weighted by atomic mass is 9.72. The van der Waals surface area contributed by atoms with Gasteiger partial charge in [0.05, 0.1) is 22.1 Å². The van der Waals surface area contributed by atoms with Gasteiger partial charge in [-0.15, -0.1) is 0 Å². The van der Waals surface area contributed by atoms with E-state index >= 15 is 0 Å². The molecule has 13 aromatic rings. The molecule has 3 nitrogen and oxygen atoms in total. The Labute approximate surface area is 380 Å². The van der Waals surface area contributed by atoms with Gasteiger partial charge in [-0.2, -0.15) is 0 Å². The summed E-state index contributed by atoms with van der Waals surface area (Å²) in [6.45, 7) is 0. The van der Waals surface area contributed by atoms with Crippen LogP contribution < -0.4 is 0 Å². The first-order chi connectivity index (χ1) is 32.7. The molecule has 2 aliphatic rings. The Morgan fingerprint density at radius 3 is 1.32 bits per heavy atom. The number of hydrogen-bond acceptors (Lipinski definition) is 1. The SMILES string of the molecule is c1ccc2c(c1)-c1cc(-c3ccc(-n4c5ccccc5c5ccccc54)cc3)ccc1C21c2cc(-c3ccc(-n4c5ccccc5c5ccccc54)cc3)ccc2-c2c1oc1ccccc21. The van der Waals surface area contributed by atoms with E-state index in [2.05, 4.69) is 240 Å². The molecule has 66 heavy (non-hydrogen) atoms. The summed E-state index contributed by atoms with van der Waals surface area (Å²) in [6, 6.07) is 84.7. The Balaban J connectivity index is 0.882. The number of nitrogens with zero attached hydrogens (tertiary/aromatic N) is 2. The number of furan rings is 1. The van der Waals surface area contributed by atoms with Crippen molar-refractivity contribution in [3.8, 4) is 55.9 Å². The Kier molecular flexibility index (Phi) is 7.15. The monoisotopic (exact) mass is 838 g/mol. The Bertz CT molecular complexity index is 4050. The van der Waals surface area contributed by atoms with Gasteiger partial charge < -0.3 is 13.6 Å². The first kappa shape index (κ1) is 35.8. The summed E-state index contributed by atoms with van der Waals surface area (Å²) >= 11 is 0. The van der Waals surface area contributed by atoms with Gasteiger partial charge in [-0.25, -0.2) is 0 Å². The van der Waals surface area contributed by atoms with E-state index < -0.39 is 5.41 Å². The number of rotatable bonds is 4. The van der Waals surface area contributed by atoms with E-state index in [-0.39, 0.29) is 0 Å². The molecule has 1 unspecified atom stereocenters. The first-order valence-electron chi connectivity index (χ1n) is 22.8. The van der Waals surface area contributed by atoms with E-state index in [1.807, 2.05) is 0 Å². The molecule has 1 spiro atoms. The number of para-hydroxylation sites is 5. The number of aromatic nitrogens is 2. The van der Waals surface area contributed by atoms with Crippen LogP contribution in [0.5, 0.6) is 0 Å². The molecule has 3 heterocycles. The van der Waals surface area contributed by atoms with E-state index in [1.54, 1.807) is 0 Å². The molecule has 0 N–H and O–H groups in total. The van der Waals surface area contributed by atoms with Crippen LogP contribution in [-0.4, -0.2) is 9.13 Å². The summed E-state index contributed by atoms with van der Waals surface area (Å²) in [5.74, 6) is 1.01. The van der Waals surface area contributed by atoms with E-state index in [9.17, 15) is 0 Å². The maximum absolute atomic E-state index is 7.14. The van der Waals surface area contributed by atoms with Crippen LogP contribution in [0.1, 0.15) is 22.5 Å². The summed E-state index contributed by atoms with van der Waals surface area (Å²) < 4.78 is 11.9. The lowest BCUT2D eigenvalue weighted by Crippen LogP contribution is -2.25. The second-order valence-corrected chi connectivity index (χ2v) is 18.0. The second kappa shape index (κ2) is 13.2. The van der Waals surface area contributed by atoms with Gasteiger partial charge >= 0.3 is 0 Å². The lowest BCUT2D eigenvalue weighted by molar-refractivity contribution is 0.507.